The van der Waals surface area contributed by atoms with Crippen molar-refractivity contribution in [3.63, 3.8) is 0 Å². The number of nitrogens with one attached hydrogen (secondary N) is 1. The van der Waals surface area contributed by atoms with Crippen LogP contribution in [0.3, 0.4) is 0 Å². The van der Waals surface area contributed by atoms with Crippen LogP contribution in [0.5, 0.6) is 0 Å². The molecule has 0 radical (unpaired) electrons. The highest BCUT2D eigenvalue weighted by Crippen LogP contribution is 2.31. The Hall–Kier alpha value is -0.910. The minimum atomic E-state index is -0.724. The summed E-state index contributed by atoms with van der Waals surface area (Å²) in [4.78, 5) is 0. The highest BCUT2D eigenvalue weighted by atomic mass is 35.5. The molecule has 0 heterocycles. The molecule has 1 atom stereocenters. The zero-order chi connectivity index (χ0) is 15.6. The molecule has 2 nitrogen and oxygen atoms in total. The number of nitrogens with two attached hydrogens (primary N) is 1. The van der Waals surface area contributed by atoms with Crippen molar-refractivity contribution in [3.8, 4) is 0 Å². The van der Waals surface area contributed by atoms with E-state index in [1.807, 2.05) is 0 Å². The lowest BCUT2D eigenvalue weighted by Gasteiger charge is -2.19. The quantitative estimate of drug-likeness (QED) is 0.477. The summed E-state index contributed by atoms with van der Waals surface area (Å²) < 4.78 is 27.5. The number of hydrazine groups is 1. The van der Waals surface area contributed by atoms with Crippen LogP contribution >= 0.6 is 34.8 Å². The third-order valence-electron chi connectivity index (χ3n) is 3.09. The predicted octanol–water partition coefficient (Wildman–Crippen LogP) is 4.67. The molecule has 2 aromatic rings. The average molecular weight is 352 g/mol. The van der Waals surface area contributed by atoms with Crippen LogP contribution in [0.25, 0.3) is 0 Å². The second-order valence-electron chi connectivity index (χ2n) is 4.41. The van der Waals surface area contributed by atoms with Gasteiger partial charge in [0.05, 0.1) is 11.1 Å². The topological polar surface area (TPSA) is 38.0 Å². The predicted molar refractivity (Wildman–Crippen MR) is 81.6 cm³/mol. The summed E-state index contributed by atoms with van der Waals surface area (Å²) in [6, 6.07) is 6.23. The molecular formula is C14H11Cl3F2N2. The van der Waals surface area contributed by atoms with Crippen LogP contribution in [-0.4, -0.2) is 0 Å². The molecule has 0 saturated heterocycles. The van der Waals surface area contributed by atoms with Crippen molar-refractivity contribution in [2.45, 2.75) is 12.5 Å². The number of hydrogen-bond acceptors (Lipinski definition) is 2. The first kappa shape index (κ1) is 16.5. The molecule has 1 unspecified atom stereocenters. The van der Waals surface area contributed by atoms with Gasteiger partial charge in [-0.15, -0.1) is 0 Å². The number of rotatable bonds is 4. The summed E-state index contributed by atoms with van der Waals surface area (Å²) in [6.45, 7) is 0. The Morgan fingerprint density at radius 1 is 1.00 bits per heavy atom. The molecule has 0 aliphatic heterocycles. The van der Waals surface area contributed by atoms with Gasteiger partial charge in [-0.3, -0.25) is 11.3 Å². The van der Waals surface area contributed by atoms with Gasteiger partial charge < -0.3 is 0 Å². The van der Waals surface area contributed by atoms with Crippen molar-refractivity contribution in [1.29, 1.82) is 0 Å². The smallest absolute Gasteiger partial charge is 0.142 e. The lowest BCUT2D eigenvalue weighted by atomic mass is 9.98. The third kappa shape index (κ3) is 3.65. The summed E-state index contributed by atoms with van der Waals surface area (Å²) in [5, 5.41) is 0.568. The molecule has 0 fully saturated rings. The molecule has 0 saturated carbocycles. The molecule has 3 N–H and O–H groups in total. The fraction of sp³-hybridized carbons (Fsp3) is 0.143. The molecule has 0 bridgehead atoms. The van der Waals surface area contributed by atoms with E-state index in [4.69, 9.17) is 40.6 Å². The summed E-state index contributed by atoms with van der Waals surface area (Å²) in [6.07, 6.45) is 0.201. The molecule has 2 rings (SSSR count). The average Bonchev–Trinajstić information content (AvgIpc) is 2.43. The second-order valence-corrected chi connectivity index (χ2v) is 5.63. The van der Waals surface area contributed by atoms with E-state index in [0.717, 1.165) is 12.1 Å². The van der Waals surface area contributed by atoms with E-state index in [2.05, 4.69) is 5.43 Å². The Labute approximate surface area is 135 Å². The molecular weight excluding hydrogens is 341 g/mol. The first-order valence-electron chi connectivity index (χ1n) is 5.97. The molecule has 2 aromatic carbocycles. The fourth-order valence-corrected chi connectivity index (χ4v) is 2.70. The van der Waals surface area contributed by atoms with Crippen LogP contribution in [0.2, 0.25) is 15.1 Å². The van der Waals surface area contributed by atoms with Gasteiger partial charge in [-0.25, -0.2) is 8.78 Å². The Bertz CT molecular complexity index is 645. The van der Waals surface area contributed by atoms with Gasteiger partial charge in [0.2, 0.25) is 0 Å². The Morgan fingerprint density at radius 2 is 1.62 bits per heavy atom. The van der Waals surface area contributed by atoms with Crippen molar-refractivity contribution < 1.29 is 8.78 Å². The van der Waals surface area contributed by atoms with Crippen LogP contribution in [0, 0.1) is 11.6 Å². The first-order chi connectivity index (χ1) is 9.93. The van der Waals surface area contributed by atoms with Crippen molar-refractivity contribution in [2.24, 2.45) is 5.84 Å². The maximum Gasteiger partial charge on any atom is 0.142 e. The third-order valence-corrected chi connectivity index (χ3v) is 4.08. The maximum atomic E-state index is 14.0. The molecule has 112 valence electrons. The fourth-order valence-electron chi connectivity index (χ4n) is 2.00. The van der Waals surface area contributed by atoms with Crippen molar-refractivity contribution >= 4 is 34.8 Å². The van der Waals surface area contributed by atoms with E-state index < -0.39 is 17.7 Å². The van der Waals surface area contributed by atoms with E-state index in [1.165, 1.54) is 0 Å². The van der Waals surface area contributed by atoms with Gasteiger partial charge in [-0.05, 0) is 36.2 Å². The maximum absolute atomic E-state index is 14.0. The van der Waals surface area contributed by atoms with Crippen LogP contribution in [0.15, 0.2) is 30.3 Å². The van der Waals surface area contributed by atoms with Crippen LogP contribution in [0.1, 0.15) is 17.2 Å². The van der Waals surface area contributed by atoms with Gasteiger partial charge in [-0.2, -0.15) is 0 Å². The van der Waals surface area contributed by atoms with Gasteiger partial charge in [0.25, 0.3) is 0 Å². The van der Waals surface area contributed by atoms with Crippen LogP contribution < -0.4 is 11.3 Å². The standard InChI is InChI=1S/C14H11Cl3F2N2/c15-9-2-1-3-10(16)7(9)5-14(21-20)8-4-13(19)11(17)6-12(8)18/h1-4,6,14,21H,5,20H2. The molecule has 7 heteroatoms. The van der Waals surface area contributed by atoms with Gasteiger partial charge in [0.1, 0.15) is 11.6 Å². The molecule has 0 aliphatic rings. The molecule has 0 aliphatic carbocycles. The highest BCUT2D eigenvalue weighted by molar-refractivity contribution is 6.36. The number of halogens is 5. The van der Waals surface area contributed by atoms with Gasteiger partial charge in [0, 0.05) is 15.6 Å². The lowest BCUT2D eigenvalue weighted by Crippen LogP contribution is -2.30. The Kier molecular flexibility index (Phi) is 5.41. The monoisotopic (exact) mass is 350 g/mol. The Morgan fingerprint density at radius 3 is 2.19 bits per heavy atom. The summed E-state index contributed by atoms with van der Waals surface area (Å²) in [5.74, 6) is 4.07. The van der Waals surface area contributed by atoms with Crippen molar-refractivity contribution in [1.82, 2.24) is 5.43 Å². The summed E-state index contributed by atoms with van der Waals surface area (Å²) in [5.41, 5.74) is 3.09. The largest absolute Gasteiger partial charge is 0.271 e. The van der Waals surface area contributed by atoms with E-state index in [1.54, 1.807) is 18.2 Å². The minimum Gasteiger partial charge on any atom is -0.271 e. The molecule has 0 aromatic heterocycles. The number of hydrogen-bond donors (Lipinski definition) is 2. The SMILES string of the molecule is NNC(Cc1c(Cl)cccc1Cl)c1cc(F)c(Cl)cc1F. The van der Waals surface area contributed by atoms with E-state index in [-0.39, 0.29) is 17.0 Å². The molecule has 0 spiro atoms. The molecule has 21 heavy (non-hydrogen) atoms. The normalized spacial score (nSPS) is 12.5. The van der Waals surface area contributed by atoms with E-state index >= 15 is 0 Å². The highest BCUT2D eigenvalue weighted by Gasteiger charge is 2.20. The van der Waals surface area contributed by atoms with Crippen LogP contribution in [0.4, 0.5) is 8.78 Å². The Balaban J connectivity index is 2.39. The summed E-state index contributed by atoms with van der Waals surface area (Å²) >= 11 is 17.7. The summed E-state index contributed by atoms with van der Waals surface area (Å²) in [7, 11) is 0. The minimum absolute atomic E-state index is 0.0513. The van der Waals surface area contributed by atoms with E-state index in [9.17, 15) is 8.78 Å². The zero-order valence-electron chi connectivity index (χ0n) is 10.6. The second kappa shape index (κ2) is 6.90. The zero-order valence-corrected chi connectivity index (χ0v) is 12.9. The van der Waals surface area contributed by atoms with Gasteiger partial charge in [0.15, 0.2) is 0 Å². The molecule has 0 amide bonds. The first-order valence-corrected chi connectivity index (χ1v) is 7.11. The van der Waals surface area contributed by atoms with Gasteiger partial charge >= 0.3 is 0 Å². The van der Waals surface area contributed by atoms with Crippen molar-refractivity contribution in [3.05, 3.63) is 68.2 Å². The van der Waals surface area contributed by atoms with Gasteiger partial charge in [-0.1, -0.05) is 40.9 Å². The van der Waals surface area contributed by atoms with Crippen LogP contribution in [-0.2, 0) is 6.42 Å². The lowest BCUT2D eigenvalue weighted by molar-refractivity contribution is 0.502. The number of benzene rings is 2. The van der Waals surface area contributed by atoms with Crippen molar-refractivity contribution in [2.75, 3.05) is 0 Å². The van der Waals surface area contributed by atoms with E-state index in [0.29, 0.717) is 15.6 Å².